The van der Waals surface area contributed by atoms with Crippen molar-refractivity contribution in [2.45, 2.75) is 31.8 Å². The summed E-state index contributed by atoms with van der Waals surface area (Å²) in [4.78, 5) is 16.7. The number of carbonyl (C=O) groups excluding carboxylic acids is 1. The van der Waals surface area contributed by atoms with Crippen LogP contribution >= 0.6 is 11.3 Å². The number of nitrogens with zero attached hydrogens (tertiary/aromatic N) is 1. The Bertz CT molecular complexity index is 572. The molecule has 1 aromatic carbocycles. The summed E-state index contributed by atoms with van der Waals surface area (Å²) in [7, 11) is 0. The molecular weight excluding hydrogens is 270 g/mol. The molecule has 4 nitrogen and oxygen atoms in total. The molecule has 104 valence electrons. The molecule has 5 heteroatoms. The molecule has 1 amide bonds. The minimum Gasteiger partial charge on any atom is -0.373 e. The van der Waals surface area contributed by atoms with Gasteiger partial charge in [-0.3, -0.25) is 4.79 Å². The second-order valence-electron chi connectivity index (χ2n) is 4.90. The largest absolute Gasteiger partial charge is 0.373 e. The minimum absolute atomic E-state index is 0.00742. The van der Waals surface area contributed by atoms with Crippen LogP contribution in [0.1, 0.15) is 30.0 Å². The molecule has 0 aliphatic carbocycles. The molecule has 0 radical (unpaired) electrons. The van der Waals surface area contributed by atoms with Gasteiger partial charge in [0.15, 0.2) is 0 Å². The molecule has 0 spiro atoms. The van der Waals surface area contributed by atoms with Gasteiger partial charge in [-0.1, -0.05) is 25.1 Å². The second kappa shape index (κ2) is 5.63. The number of nitrogens with one attached hydrogen (secondary N) is 2. The van der Waals surface area contributed by atoms with E-state index in [1.54, 1.807) is 17.5 Å². The van der Waals surface area contributed by atoms with E-state index in [9.17, 15) is 4.79 Å². The molecule has 1 aliphatic heterocycles. The van der Waals surface area contributed by atoms with Crippen molar-refractivity contribution in [3.8, 4) is 0 Å². The van der Waals surface area contributed by atoms with Crippen molar-refractivity contribution in [1.82, 2.24) is 10.3 Å². The zero-order valence-corrected chi connectivity index (χ0v) is 12.1. The highest BCUT2D eigenvalue weighted by molar-refractivity contribution is 7.09. The van der Waals surface area contributed by atoms with E-state index in [1.807, 2.05) is 23.6 Å². The third-order valence-electron chi connectivity index (χ3n) is 3.56. The number of benzene rings is 1. The molecule has 1 aromatic heterocycles. The van der Waals surface area contributed by atoms with Crippen LogP contribution < -0.4 is 10.6 Å². The van der Waals surface area contributed by atoms with Gasteiger partial charge in [-0.05, 0) is 18.1 Å². The van der Waals surface area contributed by atoms with Crippen LogP contribution in [0.2, 0.25) is 0 Å². The molecule has 2 atom stereocenters. The van der Waals surface area contributed by atoms with Gasteiger partial charge < -0.3 is 10.6 Å². The predicted octanol–water partition coefficient (Wildman–Crippen LogP) is 2.75. The summed E-state index contributed by atoms with van der Waals surface area (Å²) in [6.45, 7) is 2.06. The number of amides is 1. The van der Waals surface area contributed by atoms with Gasteiger partial charge >= 0.3 is 0 Å². The molecule has 0 saturated heterocycles. The Hall–Kier alpha value is -1.88. The maximum atomic E-state index is 12.4. The number of anilines is 1. The van der Waals surface area contributed by atoms with Crippen molar-refractivity contribution in [2.24, 2.45) is 0 Å². The molecule has 0 fully saturated rings. The van der Waals surface area contributed by atoms with Crippen LogP contribution in [0.3, 0.4) is 0 Å². The number of hydrogen-bond acceptors (Lipinski definition) is 4. The van der Waals surface area contributed by atoms with Crippen LogP contribution in [-0.4, -0.2) is 16.9 Å². The zero-order valence-electron chi connectivity index (χ0n) is 11.3. The first-order valence-corrected chi connectivity index (χ1v) is 7.70. The summed E-state index contributed by atoms with van der Waals surface area (Å²) < 4.78 is 0. The Morgan fingerprint density at radius 2 is 2.40 bits per heavy atom. The van der Waals surface area contributed by atoms with Gasteiger partial charge in [0.25, 0.3) is 0 Å². The molecule has 0 bridgehead atoms. The molecule has 20 heavy (non-hydrogen) atoms. The molecule has 2 aromatic rings. The normalized spacial score (nSPS) is 18.1. The number of thiazole rings is 1. The van der Waals surface area contributed by atoms with Gasteiger partial charge in [0, 0.05) is 23.7 Å². The fourth-order valence-corrected chi connectivity index (χ4v) is 3.25. The van der Waals surface area contributed by atoms with Gasteiger partial charge in [-0.25, -0.2) is 4.98 Å². The number of rotatable bonds is 4. The van der Waals surface area contributed by atoms with Gasteiger partial charge in [0.1, 0.15) is 11.0 Å². The van der Waals surface area contributed by atoms with E-state index in [0.717, 1.165) is 23.5 Å². The van der Waals surface area contributed by atoms with Crippen LogP contribution in [0.4, 0.5) is 5.69 Å². The number of para-hydroxylation sites is 1. The van der Waals surface area contributed by atoms with Crippen LogP contribution in [0.15, 0.2) is 35.8 Å². The van der Waals surface area contributed by atoms with Gasteiger partial charge in [-0.15, -0.1) is 11.3 Å². The first-order chi connectivity index (χ1) is 9.78. The first kappa shape index (κ1) is 13.1. The smallest absolute Gasteiger partial charge is 0.243 e. The van der Waals surface area contributed by atoms with Crippen LogP contribution in [0, 0.1) is 0 Å². The predicted molar refractivity (Wildman–Crippen MR) is 80.8 cm³/mol. The summed E-state index contributed by atoms with van der Waals surface area (Å²) in [6, 6.07) is 7.89. The maximum absolute atomic E-state index is 12.4. The van der Waals surface area contributed by atoms with E-state index in [2.05, 4.69) is 28.6 Å². The highest BCUT2D eigenvalue weighted by atomic mass is 32.1. The van der Waals surface area contributed by atoms with Gasteiger partial charge in [0.05, 0.1) is 6.04 Å². The monoisotopic (exact) mass is 287 g/mol. The lowest BCUT2D eigenvalue weighted by molar-refractivity contribution is -0.122. The standard InChI is InChI=1S/C15H17N3OS/c1-2-11(15-16-7-8-20-15)18-14(19)13-9-10-5-3-4-6-12(10)17-13/h3-8,11,13,17H,2,9H2,1H3,(H,18,19). The third kappa shape index (κ3) is 2.54. The van der Waals surface area contributed by atoms with E-state index in [4.69, 9.17) is 0 Å². The number of carbonyl (C=O) groups is 1. The Kier molecular flexibility index (Phi) is 3.69. The highest BCUT2D eigenvalue weighted by Gasteiger charge is 2.28. The molecule has 1 aliphatic rings. The Labute approximate surface area is 122 Å². The van der Waals surface area contributed by atoms with E-state index in [1.165, 1.54) is 5.56 Å². The zero-order chi connectivity index (χ0) is 13.9. The van der Waals surface area contributed by atoms with Crippen molar-refractivity contribution in [1.29, 1.82) is 0 Å². The number of hydrogen-bond donors (Lipinski definition) is 2. The lowest BCUT2D eigenvalue weighted by atomic mass is 10.1. The average Bonchev–Trinajstić information content (AvgIpc) is 3.13. The topological polar surface area (TPSA) is 54.0 Å². The van der Waals surface area contributed by atoms with E-state index >= 15 is 0 Å². The van der Waals surface area contributed by atoms with E-state index < -0.39 is 0 Å². The van der Waals surface area contributed by atoms with E-state index in [0.29, 0.717) is 0 Å². The Morgan fingerprint density at radius 3 is 3.10 bits per heavy atom. The Morgan fingerprint density at radius 1 is 1.55 bits per heavy atom. The maximum Gasteiger partial charge on any atom is 0.243 e. The summed E-state index contributed by atoms with van der Waals surface area (Å²) in [5.74, 6) is 0.0447. The lowest BCUT2D eigenvalue weighted by Crippen LogP contribution is -2.40. The first-order valence-electron chi connectivity index (χ1n) is 6.82. The molecular formula is C15H17N3OS. The number of fused-ring (bicyclic) bond motifs is 1. The SMILES string of the molecule is CCC(NC(=O)C1Cc2ccccc2N1)c1nccs1. The minimum atomic E-state index is -0.179. The van der Waals surface area contributed by atoms with E-state index in [-0.39, 0.29) is 18.0 Å². The molecule has 3 rings (SSSR count). The van der Waals surface area contributed by atoms with Crippen molar-refractivity contribution in [2.75, 3.05) is 5.32 Å². The fraction of sp³-hybridized carbons (Fsp3) is 0.333. The van der Waals surface area contributed by atoms with Crippen molar-refractivity contribution >= 4 is 22.9 Å². The Balaban J connectivity index is 1.66. The molecule has 0 saturated carbocycles. The van der Waals surface area contributed by atoms with Gasteiger partial charge in [-0.2, -0.15) is 0 Å². The fourth-order valence-electron chi connectivity index (χ4n) is 2.47. The molecule has 2 N–H and O–H groups in total. The molecule has 2 heterocycles. The van der Waals surface area contributed by atoms with Crippen LogP contribution in [0.5, 0.6) is 0 Å². The lowest BCUT2D eigenvalue weighted by Gasteiger charge is -2.18. The van der Waals surface area contributed by atoms with Crippen LogP contribution in [-0.2, 0) is 11.2 Å². The third-order valence-corrected chi connectivity index (χ3v) is 4.45. The van der Waals surface area contributed by atoms with Crippen molar-refractivity contribution in [3.63, 3.8) is 0 Å². The van der Waals surface area contributed by atoms with Crippen molar-refractivity contribution in [3.05, 3.63) is 46.4 Å². The molecule has 2 unspecified atom stereocenters. The summed E-state index contributed by atoms with van der Waals surface area (Å²) in [6.07, 6.45) is 3.37. The number of aromatic nitrogens is 1. The quantitative estimate of drug-likeness (QED) is 0.909. The van der Waals surface area contributed by atoms with Crippen molar-refractivity contribution < 1.29 is 4.79 Å². The van der Waals surface area contributed by atoms with Crippen LogP contribution in [0.25, 0.3) is 0 Å². The summed E-state index contributed by atoms with van der Waals surface area (Å²) >= 11 is 1.58. The average molecular weight is 287 g/mol. The van der Waals surface area contributed by atoms with Gasteiger partial charge in [0.2, 0.25) is 5.91 Å². The highest BCUT2D eigenvalue weighted by Crippen LogP contribution is 2.26. The summed E-state index contributed by atoms with van der Waals surface area (Å²) in [5, 5.41) is 9.28. The summed E-state index contributed by atoms with van der Waals surface area (Å²) in [5.41, 5.74) is 2.27. The second-order valence-corrected chi connectivity index (χ2v) is 5.82.